The molecule has 2 heterocycles. The standard InChI is InChI=1S/C19H24N3/c1-16(2)22-11-9-21(10-12-22)15-17-5-3-6-18(13-17)19-7-4-8-20-14-19/h3,5-8,13-14,16H,9-12,15H2,1-2H3. The number of pyridine rings is 1. The van der Waals surface area contributed by atoms with Crippen molar-refractivity contribution in [1.29, 1.82) is 0 Å². The molecule has 0 N–H and O–H groups in total. The third kappa shape index (κ3) is 3.73. The van der Waals surface area contributed by atoms with Gasteiger partial charge in [0.25, 0.3) is 0 Å². The highest BCUT2D eigenvalue weighted by atomic mass is 15.3. The molecule has 0 spiro atoms. The van der Waals surface area contributed by atoms with Gasteiger partial charge in [0.2, 0.25) is 0 Å². The van der Waals surface area contributed by atoms with Gasteiger partial charge in [-0.25, -0.2) is 0 Å². The molecule has 115 valence electrons. The summed E-state index contributed by atoms with van der Waals surface area (Å²) < 4.78 is 0. The van der Waals surface area contributed by atoms with E-state index in [1.807, 2.05) is 12.3 Å². The minimum Gasteiger partial charge on any atom is -0.298 e. The molecule has 3 heteroatoms. The molecule has 22 heavy (non-hydrogen) atoms. The van der Waals surface area contributed by atoms with Gasteiger partial charge in [-0.05, 0) is 37.1 Å². The molecule has 3 nitrogen and oxygen atoms in total. The topological polar surface area (TPSA) is 19.4 Å². The van der Waals surface area contributed by atoms with Crippen LogP contribution < -0.4 is 0 Å². The van der Waals surface area contributed by atoms with E-state index in [2.05, 4.69) is 59.0 Å². The summed E-state index contributed by atoms with van der Waals surface area (Å²) in [6.45, 7) is 10.3. The van der Waals surface area contributed by atoms with Crippen molar-refractivity contribution in [3.8, 4) is 11.1 Å². The van der Waals surface area contributed by atoms with Gasteiger partial charge in [-0.3, -0.25) is 14.8 Å². The number of hydrogen-bond donors (Lipinski definition) is 0. The molecule has 0 aliphatic carbocycles. The van der Waals surface area contributed by atoms with E-state index in [9.17, 15) is 0 Å². The highest BCUT2D eigenvalue weighted by Gasteiger charge is 2.18. The zero-order valence-corrected chi connectivity index (χ0v) is 13.5. The summed E-state index contributed by atoms with van der Waals surface area (Å²) in [5.41, 5.74) is 3.73. The quantitative estimate of drug-likeness (QED) is 0.864. The van der Waals surface area contributed by atoms with Gasteiger partial charge in [0.15, 0.2) is 0 Å². The van der Waals surface area contributed by atoms with Crippen LogP contribution in [0, 0.1) is 6.07 Å². The maximum atomic E-state index is 4.16. The van der Waals surface area contributed by atoms with Gasteiger partial charge in [-0.2, -0.15) is 0 Å². The van der Waals surface area contributed by atoms with E-state index in [0.29, 0.717) is 6.04 Å². The number of hydrogen-bond acceptors (Lipinski definition) is 3. The molecule has 1 aromatic carbocycles. The molecule has 0 saturated carbocycles. The lowest BCUT2D eigenvalue weighted by Crippen LogP contribution is -2.48. The minimum absolute atomic E-state index is 0.660. The molecule has 0 bridgehead atoms. The van der Waals surface area contributed by atoms with Crippen LogP contribution in [0.4, 0.5) is 0 Å². The van der Waals surface area contributed by atoms with Crippen LogP contribution in [0.25, 0.3) is 11.1 Å². The van der Waals surface area contributed by atoms with Crippen molar-refractivity contribution in [2.24, 2.45) is 0 Å². The van der Waals surface area contributed by atoms with Gasteiger partial charge in [-0.1, -0.05) is 18.2 Å². The van der Waals surface area contributed by atoms with Gasteiger partial charge < -0.3 is 0 Å². The SMILES string of the molecule is CC(C)N1CCN(Cc2cccc(-c3c[c]cnc3)c2)CC1. The normalized spacial score (nSPS) is 17.0. The second kappa shape index (κ2) is 7.03. The molecule has 0 amide bonds. The van der Waals surface area contributed by atoms with Crippen molar-refractivity contribution < 1.29 is 0 Å². The van der Waals surface area contributed by atoms with Crippen LogP contribution in [-0.2, 0) is 6.54 Å². The summed E-state index contributed by atoms with van der Waals surface area (Å²) in [7, 11) is 0. The summed E-state index contributed by atoms with van der Waals surface area (Å²) in [6.07, 6.45) is 3.60. The average molecular weight is 294 g/mol. The number of aromatic nitrogens is 1. The molecule has 1 fully saturated rings. The Bertz CT molecular complexity index is 587. The van der Waals surface area contributed by atoms with E-state index in [-0.39, 0.29) is 0 Å². The van der Waals surface area contributed by atoms with Crippen molar-refractivity contribution in [3.63, 3.8) is 0 Å². The molecule has 0 unspecified atom stereocenters. The van der Waals surface area contributed by atoms with Crippen molar-refractivity contribution >= 4 is 0 Å². The summed E-state index contributed by atoms with van der Waals surface area (Å²) in [5.74, 6) is 0. The van der Waals surface area contributed by atoms with Crippen molar-refractivity contribution in [2.75, 3.05) is 26.2 Å². The Kier molecular flexibility index (Phi) is 4.86. The second-order valence-electron chi connectivity index (χ2n) is 6.28. The highest BCUT2D eigenvalue weighted by molar-refractivity contribution is 5.62. The first-order valence-electron chi connectivity index (χ1n) is 8.09. The lowest BCUT2D eigenvalue weighted by atomic mass is 10.0. The molecule has 0 atom stereocenters. The Morgan fingerprint density at radius 2 is 1.95 bits per heavy atom. The van der Waals surface area contributed by atoms with Crippen LogP contribution in [0.2, 0.25) is 0 Å². The monoisotopic (exact) mass is 294 g/mol. The van der Waals surface area contributed by atoms with E-state index in [0.717, 1.165) is 25.2 Å². The maximum absolute atomic E-state index is 4.16. The van der Waals surface area contributed by atoms with Gasteiger partial charge in [0.05, 0.1) is 0 Å². The fraction of sp³-hybridized carbons (Fsp3) is 0.421. The van der Waals surface area contributed by atoms with Gasteiger partial charge in [0, 0.05) is 62.8 Å². The molecule has 1 aromatic heterocycles. The van der Waals surface area contributed by atoms with Crippen molar-refractivity contribution in [2.45, 2.75) is 26.4 Å². The van der Waals surface area contributed by atoms with Crippen LogP contribution in [0.1, 0.15) is 19.4 Å². The Balaban J connectivity index is 1.64. The lowest BCUT2D eigenvalue weighted by molar-refractivity contribution is 0.104. The highest BCUT2D eigenvalue weighted by Crippen LogP contribution is 2.20. The Morgan fingerprint density at radius 3 is 2.64 bits per heavy atom. The summed E-state index contributed by atoms with van der Waals surface area (Å²) in [4.78, 5) is 9.26. The maximum Gasteiger partial charge on any atom is 0.0347 e. The fourth-order valence-electron chi connectivity index (χ4n) is 3.03. The zero-order valence-electron chi connectivity index (χ0n) is 13.5. The molecule has 1 aliphatic rings. The lowest BCUT2D eigenvalue weighted by Gasteiger charge is -2.37. The average Bonchev–Trinajstić information content (AvgIpc) is 2.56. The second-order valence-corrected chi connectivity index (χ2v) is 6.28. The van der Waals surface area contributed by atoms with Gasteiger partial charge in [-0.15, -0.1) is 0 Å². The fourth-order valence-corrected chi connectivity index (χ4v) is 3.03. The first-order chi connectivity index (χ1) is 10.7. The van der Waals surface area contributed by atoms with Crippen molar-refractivity contribution in [3.05, 3.63) is 54.4 Å². The van der Waals surface area contributed by atoms with Crippen LogP contribution in [-0.4, -0.2) is 47.0 Å². The largest absolute Gasteiger partial charge is 0.298 e. The van der Waals surface area contributed by atoms with Crippen LogP contribution in [0.15, 0.2) is 42.7 Å². The first kappa shape index (κ1) is 15.2. The molecule has 1 radical (unpaired) electrons. The predicted octanol–water partition coefficient (Wildman–Crippen LogP) is 3.07. The number of benzene rings is 1. The Hall–Kier alpha value is -1.71. The smallest absolute Gasteiger partial charge is 0.0347 e. The third-order valence-corrected chi connectivity index (χ3v) is 4.41. The van der Waals surface area contributed by atoms with Crippen LogP contribution in [0.5, 0.6) is 0 Å². The van der Waals surface area contributed by atoms with Crippen LogP contribution >= 0.6 is 0 Å². The molecule has 1 aliphatic heterocycles. The Morgan fingerprint density at radius 1 is 1.14 bits per heavy atom. The van der Waals surface area contributed by atoms with Crippen LogP contribution in [0.3, 0.4) is 0 Å². The zero-order chi connectivity index (χ0) is 15.4. The number of piperazine rings is 1. The summed E-state index contributed by atoms with van der Waals surface area (Å²) >= 11 is 0. The predicted molar refractivity (Wildman–Crippen MR) is 90.5 cm³/mol. The van der Waals surface area contributed by atoms with E-state index in [4.69, 9.17) is 0 Å². The van der Waals surface area contributed by atoms with E-state index < -0.39 is 0 Å². The summed E-state index contributed by atoms with van der Waals surface area (Å²) in [5, 5.41) is 0. The summed E-state index contributed by atoms with van der Waals surface area (Å²) in [6, 6.07) is 14.5. The van der Waals surface area contributed by atoms with Gasteiger partial charge in [0.1, 0.15) is 0 Å². The number of nitrogens with zero attached hydrogens (tertiary/aromatic N) is 3. The first-order valence-corrected chi connectivity index (χ1v) is 8.09. The third-order valence-electron chi connectivity index (χ3n) is 4.41. The number of rotatable bonds is 4. The van der Waals surface area contributed by atoms with E-state index in [1.54, 1.807) is 6.20 Å². The molecule has 2 aromatic rings. The van der Waals surface area contributed by atoms with Crippen molar-refractivity contribution in [1.82, 2.24) is 14.8 Å². The molecule has 3 rings (SSSR count). The van der Waals surface area contributed by atoms with E-state index in [1.165, 1.54) is 24.2 Å². The van der Waals surface area contributed by atoms with Gasteiger partial charge >= 0.3 is 0 Å². The molecule has 1 saturated heterocycles. The Labute approximate surface area is 133 Å². The van der Waals surface area contributed by atoms with E-state index >= 15 is 0 Å². The minimum atomic E-state index is 0.660. The molecular formula is C19H24N3. The molecular weight excluding hydrogens is 270 g/mol.